The fraction of sp³-hybridized carbons (Fsp3) is 0.588. The first-order chi connectivity index (χ1) is 16.8. The predicted octanol–water partition coefficient (Wildman–Crippen LogP) is 11.1. The van der Waals surface area contributed by atoms with Gasteiger partial charge in [0.25, 0.3) is 0 Å². The van der Waals surface area contributed by atoms with E-state index in [1.807, 2.05) is 0 Å². The van der Waals surface area contributed by atoms with E-state index in [0.717, 1.165) is 0 Å². The quantitative estimate of drug-likeness (QED) is 0.136. The summed E-state index contributed by atoms with van der Waals surface area (Å²) in [6, 6.07) is 22.7. The Morgan fingerprint density at radius 2 is 1.00 bits per heavy atom. The van der Waals surface area contributed by atoms with Gasteiger partial charge in [0.1, 0.15) is 0 Å². The molecule has 0 fully saturated rings. The molecule has 0 amide bonds. The molecule has 0 radical (unpaired) electrons. The summed E-state index contributed by atoms with van der Waals surface area (Å²) in [6.07, 6.45) is 23.8. The second kappa shape index (κ2) is 17.6. The summed E-state index contributed by atoms with van der Waals surface area (Å²) in [5, 5.41) is 0. The van der Waals surface area contributed by atoms with Gasteiger partial charge in [-0.3, -0.25) is 0 Å². The average molecular weight is 461 g/mol. The molecular weight excluding hydrogens is 408 g/mol. The Balaban J connectivity index is 2.18. The molecule has 1 unspecified atom stereocenters. The van der Waals surface area contributed by atoms with Gasteiger partial charge in [-0.2, -0.15) is 0 Å². The highest BCUT2D eigenvalue weighted by molar-refractivity contribution is 5.41. The van der Waals surface area contributed by atoms with Gasteiger partial charge in [-0.05, 0) is 29.9 Å². The lowest BCUT2D eigenvalue weighted by Crippen LogP contribution is -2.36. The van der Waals surface area contributed by atoms with Crippen molar-refractivity contribution in [3.63, 3.8) is 0 Å². The van der Waals surface area contributed by atoms with Crippen LogP contribution < -0.4 is 0 Å². The molecule has 0 bridgehead atoms. The third-order valence-corrected chi connectivity index (χ3v) is 7.79. The zero-order valence-electron chi connectivity index (χ0n) is 22.4. The molecule has 0 aromatic heterocycles. The second-order valence-electron chi connectivity index (χ2n) is 10.3. The van der Waals surface area contributed by atoms with Crippen LogP contribution in [0.3, 0.4) is 0 Å². The summed E-state index contributed by atoms with van der Waals surface area (Å²) >= 11 is 0. The van der Waals surface area contributed by atoms with Gasteiger partial charge < -0.3 is 0 Å². The molecule has 0 heteroatoms. The van der Waals surface area contributed by atoms with Crippen molar-refractivity contribution >= 4 is 0 Å². The summed E-state index contributed by atoms with van der Waals surface area (Å²) in [7, 11) is 0. The largest absolute Gasteiger partial charge is 0.103 e. The lowest BCUT2D eigenvalue weighted by molar-refractivity contribution is 0.315. The van der Waals surface area contributed by atoms with Gasteiger partial charge in [-0.1, -0.05) is 170 Å². The van der Waals surface area contributed by atoms with Crippen LogP contribution in [0, 0.1) is 5.92 Å². The highest BCUT2D eigenvalue weighted by atomic mass is 14.4. The molecule has 34 heavy (non-hydrogen) atoms. The first-order valence-electron chi connectivity index (χ1n) is 14.5. The minimum Gasteiger partial charge on any atom is -0.103 e. The molecule has 0 spiro atoms. The van der Waals surface area contributed by atoms with E-state index in [-0.39, 0.29) is 5.41 Å². The molecule has 0 aliphatic carbocycles. The van der Waals surface area contributed by atoms with E-state index in [4.69, 9.17) is 0 Å². The maximum absolute atomic E-state index is 4.39. The summed E-state index contributed by atoms with van der Waals surface area (Å²) in [4.78, 5) is 0. The van der Waals surface area contributed by atoms with Crippen LogP contribution in [0.5, 0.6) is 0 Å². The summed E-state index contributed by atoms with van der Waals surface area (Å²) in [6.45, 7) is 8.99. The van der Waals surface area contributed by atoms with Crippen LogP contribution in [0.1, 0.15) is 128 Å². The van der Waals surface area contributed by atoms with Gasteiger partial charge in [0, 0.05) is 5.41 Å². The number of allylic oxidation sites excluding steroid dienone is 1. The summed E-state index contributed by atoms with van der Waals surface area (Å²) in [5.74, 6) is 0.466. The standard InChI is InChI=1S/C34H52/c1-4-7-9-11-13-14-16-24-30-34(32-26-20-17-21-27-32,33-28-22-18-23-29-33)31(6-3)25-19-15-12-10-8-5-2/h6,17-18,20-23,26-29,31H,3-5,7-16,19,24-25,30H2,1-2H3. The number of hydrogen-bond donors (Lipinski definition) is 0. The fourth-order valence-corrected chi connectivity index (χ4v) is 5.79. The van der Waals surface area contributed by atoms with Gasteiger partial charge in [-0.25, -0.2) is 0 Å². The third-order valence-electron chi connectivity index (χ3n) is 7.79. The van der Waals surface area contributed by atoms with Crippen molar-refractivity contribution in [3.8, 4) is 0 Å². The second-order valence-corrected chi connectivity index (χ2v) is 10.3. The number of hydrogen-bond acceptors (Lipinski definition) is 0. The smallest absolute Gasteiger partial charge is 0.0265 e. The van der Waals surface area contributed by atoms with E-state index in [1.54, 1.807) is 0 Å². The van der Waals surface area contributed by atoms with Gasteiger partial charge in [0.2, 0.25) is 0 Å². The van der Waals surface area contributed by atoms with E-state index < -0.39 is 0 Å². The molecule has 0 nitrogen and oxygen atoms in total. The Labute approximate surface area is 212 Å². The minimum atomic E-state index is 0.0237. The molecule has 0 aliphatic rings. The Morgan fingerprint density at radius 3 is 1.44 bits per heavy atom. The molecule has 0 aliphatic heterocycles. The van der Waals surface area contributed by atoms with Crippen LogP contribution >= 0.6 is 0 Å². The number of unbranched alkanes of at least 4 members (excludes halogenated alkanes) is 12. The number of rotatable bonds is 20. The molecule has 1 atom stereocenters. The van der Waals surface area contributed by atoms with E-state index in [9.17, 15) is 0 Å². The Hall–Kier alpha value is -1.82. The molecule has 0 heterocycles. The molecule has 0 saturated carbocycles. The molecule has 0 saturated heterocycles. The lowest BCUT2D eigenvalue weighted by atomic mass is 9.61. The minimum absolute atomic E-state index is 0.0237. The van der Waals surface area contributed by atoms with Crippen LogP contribution in [-0.4, -0.2) is 0 Å². The van der Waals surface area contributed by atoms with Gasteiger partial charge in [0.05, 0.1) is 0 Å². The monoisotopic (exact) mass is 460 g/mol. The van der Waals surface area contributed by atoms with Crippen LogP contribution in [0.4, 0.5) is 0 Å². The molecule has 2 aromatic carbocycles. The Kier molecular flexibility index (Phi) is 14.7. The molecule has 0 N–H and O–H groups in total. The maximum atomic E-state index is 4.39. The highest BCUT2D eigenvalue weighted by Crippen LogP contribution is 2.46. The zero-order chi connectivity index (χ0) is 24.3. The van der Waals surface area contributed by atoms with Gasteiger partial charge in [-0.15, -0.1) is 6.58 Å². The van der Waals surface area contributed by atoms with Crippen molar-refractivity contribution in [3.05, 3.63) is 84.4 Å². The van der Waals surface area contributed by atoms with Crippen molar-refractivity contribution in [1.82, 2.24) is 0 Å². The third kappa shape index (κ3) is 9.09. The Bertz CT molecular complexity index is 690. The van der Waals surface area contributed by atoms with Crippen LogP contribution in [0.25, 0.3) is 0 Å². The van der Waals surface area contributed by atoms with E-state index >= 15 is 0 Å². The maximum Gasteiger partial charge on any atom is 0.0265 e. The lowest BCUT2D eigenvalue weighted by Gasteiger charge is -2.41. The van der Waals surface area contributed by atoms with E-state index in [0.29, 0.717) is 5.92 Å². The van der Waals surface area contributed by atoms with Crippen molar-refractivity contribution in [2.75, 3.05) is 0 Å². The first-order valence-corrected chi connectivity index (χ1v) is 14.5. The van der Waals surface area contributed by atoms with Crippen LogP contribution in [0.15, 0.2) is 73.3 Å². The normalized spacial score (nSPS) is 12.5. The Morgan fingerprint density at radius 1 is 0.588 bits per heavy atom. The SMILES string of the molecule is C=CC(CCCCCCCC)C(CCCCCCCCCC)(c1ccccc1)c1ccccc1. The van der Waals surface area contributed by atoms with Crippen LogP contribution in [0.2, 0.25) is 0 Å². The summed E-state index contributed by atoms with van der Waals surface area (Å²) < 4.78 is 0. The van der Waals surface area contributed by atoms with Crippen molar-refractivity contribution in [2.24, 2.45) is 5.92 Å². The zero-order valence-corrected chi connectivity index (χ0v) is 22.4. The topological polar surface area (TPSA) is 0 Å². The van der Waals surface area contributed by atoms with Crippen molar-refractivity contribution < 1.29 is 0 Å². The molecular formula is C34H52. The molecule has 2 rings (SSSR count). The van der Waals surface area contributed by atoms with Crippen molar-refractivity contribution in [2.45, 2.75) is 122 Å². The molecule has 2 aromatic rings. The predicted molar refractivity (Wildman–Crippen MR) is 153 cm³/mol. The van der Waals surface area contributed by atoms with Gasteiger partial charge in [0.15, 0.2) is 0 Å². The summed E-state index contributed by atoms with van der Waals surface area (Å²) in [5.41, 5.74) is 2.97. The highest BCUT2D eigenvalue weighted by Gasteiger charge is 2.39. The first kappa shape index (κ1) is 28.4. The van der Waals surface area contributed by atoms with Gasteiger partial charge >= 0.3 is 0 Å². The average Bonchev–Trinajstić information content (AvgIpc) is 2.89. The van der Waals surface area contributed by atoms with Crippen LogP contribution in [-0.2, 0) is 5.41 Å². The van der Waals surface area contributed by atoms with Crippen molar-refractivity contribution in [1.29, 1.82) is 0 Å². The van der Waals surface area contributed by atoms with E-state index in [2.05, 4.69) is 87.2 Å². The number of benzene rings is 2. The van der Waals surface area contributed by atoms with E-state index in [1.165, 1.54) is 114 Å². The molecule has 188 valence electrons. The fourth-order valence-electron chi connectivity index (χ4n) is 5.79.